The smallest absolute Gasteiger partial charge is 0.203 e. The molecule has 2 aromatic rings. The van der Waals surface area contributed by atoms with E-state index in [1.54, 1.807) is 0 Å². The fourth-order valence-corrected chi connectivity index (χ4v) is 3.90. The third-order valence-electron chi connectivity index (χ3n) is 5.55. The quantitative estimate of drug-likeness (QED) is 0.256. The van der Waals surface area contributed by atoms with Crippen LogP contribution in [0.5, 0.6) is 5.75 Å². The van der Waals surface area contributed by atoms with Gasteiger partial charge in [0.15, 0.2) is 0 Å². The highest BCUT2D eigenvalue weighted by molar-refractivity contribution is 5.80. The Kier molecular flexibility index (Phi) is 6.49. The first-order valence-corrected chi connectivity index (χ1v) is 10.0. The minimum atomic E-state index is -0.227. The number of aryl methyl sites for hydroxylation is 1. The van der Waals surface area contributed by atoms with Gasteiger partial charge in [-0.25, -0.2) is 0 Å². The van der Waals surface area contributed by atoms with Gasteiger partial charge in [-0.05, 0) is 54.5 Å². The van der Waals surface area contributed by atoms with Crippen molar-refractivity contribution in [3.8, 4) is 16.9 Å². The van der Waals surface area contributed by atoms with Crippen LogP contribution in [0.1, 0.15) is 60.8 Å². The van der Waals surface area contributed by atoms with Gasteiger partial charge < -0.3 is 4.74 Å². The number of hydrogen-bond donors (Lipinski definition) is 0. The van der Waals surface area contributed by atoms with E-state index >= 15 is 0 Å². The highest BCUT2D eigenvalue weighted by Gasteiger charge is 2.24. The summed E-state index contributed by atoms with van der Waals surface area (Å²) in [6, 6.07) is 10.9. The molecule has 0 spiro atoms. The van der Waals surface area contributed by atoms with Gasteiger partial charge in [-0.3, -0.25) is 10.1 Å². The molecule has 0 atom stereocenters. The molecule has 144 valence electrons. The van der Waals surface area contributed by atoms with Crippen LogP contribution in [0.4, 0.5) is 0 Å². The molecule has 0 amide bonds. The molecule has 4 heteroatoms. The Morgan fingerprint density at radius 1 is 1.00 bits per heavy atom. The summed E-state index contributed by atoms with van der Waals surface area (Å²) in [7, 11) is 0. The van der Waals surface area contributed by atoms with E-state index in [1.807, 2.05) is 0 Å². The van der Waals surface area contributed by atoms with Gasteiger partial charge in [0.05, 0.1) is 6.61 Å². The molecular weight excluding hydrogens is 338 g/mol. The van der Waals surface area contributed by atoms with Crippen LogP contribution < -0.4 is 4.74 Å². The second-order valence-electron chi connectivity index (χ2n) is 7.53. The van der Waals surface area contributed by atoms with E-state index in [4.69, 9.17) is 4.74 Å². The van der Waals surface area contributed by atoms with E-state index in [0.717, 1.165) is 50.9 Å². The topological polar surface area (TPSA) is 52.4 Å². The predicted octanol–water partition coefficient (Wildman–Crippen LogP) is 5.87. The molecule has 0 heterocycles. The molecule has 0 saturated heterocycles. The standard InChI is InChI=1S/C23H29NO3/c1-17-15-21-20-12-8-7-11-19(20)16-22(21)23(18(17)2)27-14-10-6-4-3-5-9-13-24(25)26/h7-8,11-12,15H,3-6,9-10,13-14,16H2,1-2H3. The normalized spacial score (nSPS) is 11.9. The maximum atomic E-state index is 10.3. The van der Waals surface area contributed by atoms with Crippen LogP contribution in [0.2, 0.25) is 0 Å². The second-order valence-corrected chi connectivity index (χ2v) is 7.53. The maximum absolute atomic E-state index is 10.3. The lowest BCUT2D eigenvalue weighted by molar-refractivity contribution is -0.480. The molecule has 27 heavy (non-hydrogen) atoms. The first kappa shape index (κ1) is 19.4. The van der Waals surface area contributed by atoms with Crippen molar-refractivity contribution in [1.29, 1.82) is 0 Å². The van der Waals surface area contributed by atoms with Crippen LogP contribution in [0, 0.1) is 24.0 Å². The van der Waals surface area contributed by atoms with Crippen molar-refractivity contribution in [2.75, 3.05) is 13.2 Å². The van der Waals surface area contributed by atoms with Gasteiger partial charge in [0, 0.05) is 23.3 Å². The molecule has 4 nitrogen and oxygen atoms in total. The van der Waals surface area contributed by atoms with Crippen LogP contribution in [-0.4, -0.2) is 18.1 Å². The van der Waals surface area contributed by atoms with Gasteiger partial charge in [-0.2, -0.15) is 0 Å². The van der Waals surface area contributed by atoms with Crippen molar-refractivity contribution in [3.63, 3.8) is 0 Å². The third-order valence-corrected chi connectivity index (χ3v) is 5.55. The van der Waals surface area contributed by atoms with Gasteiger partial charge in [-0.1, -0.05) is 49.6 Å². The Morgan fingerprint density at radius 2 is 1.70 bits per heavy atom. The molecule has 0 saturated carbocycles. The van der Waals surface area contributed by atoms with E-state index < -0.39 is 0 Å². The van der Waals surface area contributed by atoms with Gasteiger partial charge in [0.25, 0.3) is 0 Å². The van der Waals surface area contributed by atoms with E-state index in [-0.39, 0.29) is 11.5 Å². The molecule has 3 rings (SSSR count). The molecule has 0 aliphatic heterocycles. The summed E-state index contributed by atoms with van der Waals surface area (Å²) in [4.78, 5) is 10.1. The second kappa shape index (κ2) is 9.03. The first-order chi connectivity index (χ1) is 13.1. The zero-order chi connectivity index (χ0) is 19.2. The van der Waals surface area contributed by atoms with Crippen LogP contribution >= 0.6 is 0 Å². The fourth-order valence-electron chi connectivity index (χ4n) is 3.90. The molecular formula is C23H29NO3. The third kappa shape index (κ3) is 4.68. The molecule has 0 aromatic heterocycles. The highest BCUT2D eigenvalue weighted by atomic mass is 16.6. The Hall–Kier alpha value is -2.36. The summed E-state index contributed by atoms with van der Waals surface area (Å²) in [5.41, 5.74) is 7.92. The van der Waals surface area contributed by atoms with E-state index in [2.05, 4.69) is 44.2 Å². The van der Waals surface area contributed by atoms with Crippen LogP contribution in [0.25, 0.3) is 11.1 Å². The van der Waals surface area contributed by atoms with Crippen LogP contribution in [-0.2, 0) is 6.42 Å². The van der Waals surface area contributed by atoms with Crippen molar-refractivity contribution in [1.82, 2.24) is 0 Å². The number of ether oxygens (including phenoxy) is 1. The Morgan fingerprint density at radius 3 is 2.48 bits per heavy atom. The van der Waals surface area contributed by atoms with Crippen molar-refractivity contribution in [2.45, 2.75) is 58.8 Å². The zero-order valence-electron chi connectivity index (χ0n) is 16.4. The minimum Gasteiger partial charge on any atom is -0.493 e. The SMILES string of the molecule is Cc1cc2c(c(OCCCCCCCC[N+](=O)[O-])c1C)Cc1ccccc1-2. The molecule has 0 N–H and O–H groups in total. The van der Waals surface area contributed by atoms with Crippen LogP contribution in [0.3, 0.4) is 0 Å². The first-order valence-electron chi connectivity index (χ1n) is 10.0. The maximum Gasteiger partial charge on any atom is 0.203 e. The van der Waals surface area contributed by atoms with E-state index in [1.165, 1.54) is 33.4 Å². The van der Waals surface area contributed by atoms with Crippen LogP contribution in [0.15, 0.2) is 30.3 Å². The number of benzene rings is 2. The lowest BCUT2D eigenvalue weighted by Crippen LogP contribution is -2.03. The highest BCUT2D eigenvalue weighted by Crippen LogP contribution is 2.43. The summed E-state index contributed by atoms with van der Waals surface area (Å²) >= 11 is 0. The van der Waals surface area contributed by atoms with Gasteiger partial charge in [0.1, 0.15) is 5.75 Å². The van der Waals surface area contributed by atoms with E-state index in [0.29, 0.717) is 6.42 Å². The Labute approximate surface area is 161 Å². The molecule has 0 fully saturated rings. The largest absolute Gasteiger partial charge is 0.493 e. The molecule has 0 bridgehead atoms. The van der Waals surface area contributed by atoms with Crippen molar-refractivity contribution in [2.24, 2.45) is 0 Å². The average molecular weight is 367 g/mol. The van der Waals surface area contributed by atoms with Gasteiger partial charge in [0.2, 0.25) is 6.54 Å². The molecule has 1 aliphatic rings. The lowest BCUT2D eigenvalue weighted by Gasteiger charge is -2.16. The molecule has 0 radical (unpaired) electrons. The van der Waals surface area contributed by atoms with Gasteiger partial charge >= 0.3 is 0 Å². The number of nitrogens with zero attached hydrogens (tertiary/aromatic N) is 1. The zero-order valence-corrected chi connectivity index (χ0v) is 16.4. The lowest BCUT2D eigenvalue weighted by atomic mass is 9.98. The number of nitro groups is 1. The van der Waals surface area contributed by atoms with Crippen molar-refractivity contribution < 1.29 is 9.66 Å². The number of rotatable bonds is 10. The number of fused-ring (bicyclic) bond motifs is 3. The monoisotopic (exact) mass is 367 g/mol. The predicted molar refractivity (Wildman–Crippen MR) is 109 cm³/mol. The molecule has 0 unspecified atom stereocenters. The fraction of sp³-hybridized carbons (Fsp3) is 0.478. The average Bonchev–Trinajstić information content (AvgIpc) is 3.01. The summed E-state index contributed by atoms with van der Waals surface area (Å²) in [6.07, 6.45) is 6.94. The van der Waals surface area contributed by atoms with Gasteiger partial charge in [-0.15, -0.1) is 0 Å². The Balaban J connectivity index is 1.51. The van der Waals surface area contributed by atoms with E-state index in [9.17, 15) is 10.1 Å². The molecule has 1 aliphatic carbocycles. The summed E-state index contributed by atoms with van der Waals surface area (Å²) in [5.74, 6) is 1.08. The summed E-state index contributed by atoms with van der Waals surface area (Å²) in [6.45, 7) is 5.16. The minimum absolute atomic E-state index is 0.100. The number of hydrogen-bond acceptors (Lipinski definition) is 3. The Bertz CT molecular complexity index is 814. The summed E-state index contributed by atoms with van der Waals surface area (Å²) in [5, 5.41) is 10.3. The summed E-state index contributed by atoms with van der Waals surface area (Å²) < 4.78 is 6.26. The van der Waals surface area contributed by atoms with Crippen molar-refractivity contribution in [3.05, 3.63) is 62.7 Å². The number of unbranched alkanes of at least 4 members (excludes halogenated alkanes) is 5. The molecule has 2 aromatic carbocycles. The van der Waals surface area contributed by atoms with Crippen molar-refractivity contribution >= 4 is 0 Å².